The molecule has 0 bridgehead atoms. The van der Waals surface area contributed by atoms with Crippen LogP contribution < -0.4 is 5.56 Å². The highest BCUT2D eigenvalue weighted by Crippen LogP contribution is 2.22. The predicted molar refractivity (Wildman–Crippen MR) is 89.0 cm³/mol. The summed E-state index contributed by atoms with van der Waals surface area (Å²) in [7, 11) is 0.701. The van der Waals surface area contributed by atoms with E-state index < -0.39 is 8.07 Å². The lowest BCUT2D eigenvalue weighted by Crippen LogP contribution is -2.22. The number of halogens is 1. The Hall–Kier alpha value is -0.853. The molecule has 20 heavy (non-hydrogen) atoms. The molecule has 0 aliphatic heterocycles. The van der Waals surface area contributed by atoms with E-state index in [1.165, 1.54) is 0 Å². The predicted octanol–water partition coefficient (Wildman–Crippen LogP) is 3.41. The van der Waals surface area contributed by atoms with Gasteiger partial charge in [0.15, 0.2) is 0 Å². The lowest BCUT2D eigenvalue weighted by atomic mass is 10.3. The maximum atomic E-state index is 12.0. The fraction of sp³-hybridized carbons (Fsp3) is 0.500. The van der Waals surface area contributed by atoms with Crippen LogP contribution in [-0.2, 0) is 18.5 Å². The number of fused-ring (bicyclic) bond motifs is 1. The van der Waals surface area contributed by atoms with Gasteiger partial charge in [0.2, 0.25) is 0 Å². The van der Waals surface area contributed by atoms with Gasteiger partial charge in [0.05, 0.1) is 15.4 Å². The van der Waals surface area contributed by atoms with Crippen LogP contribution in [-0.4, -0.2) is 23.8 Å². The van der Waals surface area contributed by atoms with Gasteiger partial charge in [-0.15, -0.1) is 0 Å². The second kappa shape index (κ2) is 5.87. The number of hydrogen-bond acceptors (Lipinski definition) is 2. The van der Waals surface area contributed by atoms with Gasteiger partial charge in [-0.1, -0.05) is 19.6 Å². The molecule has 0 aliphatic carbocycles. The highest BCUT2D eigenvalue weighted by Gasteiger charge is 2.13. The van der Waals surface area contributed by atoms with Crippen molar-refractivity contribution in [1.29, 1.82) is 0 Å². The molecular formula is C14H21BrN2O2Si. The van der Waals surface area contributed by atoms with Gasteiger partial charge < -0.3 is 13.9 Å². The van der Waals surface area contributed by atoms with Crippen molar-refractivity contribution in [1.82, 2.24) is 9.13 Å². The molecule has 0 aromatic carbocycles. The number of nitrogens with zero attached hydrogens (tertiary/aromatic N) is 2. The van der Waals surface area contributed by atoms with E-state index in [2.05, 4.69) is 35.6 Å². The van der Waals surface area contributed by atoms with Gasteiger partial charge in [-0.25, -0.2) is 0 Å². The Morgan fingerprint density at radius 3 is 2.70 bits per heavy atom. The van der Waals surface area contributed by atoms with Gasteiger partial charge in [0.1, 0.15) is 6.73 Å². The molecule has 0 spiro atoms. The number of aromatic nitrogens is 2. The zero-order chi connectivity index (χ0) is 14.9. The second-order valence-corrected chi connectivity index (χ2v) is 12.8. The van der Waals surface area contributed by atoms with Gasteiger partial charge in [0, 0.05) is 34.1 Å². The van der Waals surface area contributed by atoms with Crippen molar-refractivity contribution in [2.24, 2.45) is 7.05 Å². The number of pyridine rings is 1. The molecule has 0 fully saturated rings. The quantitative estimate of drug-likeness (QED) is 0.607. The van der Waals surface area contributed by atoms with Crippen LogP contribution in [0.25, 0.3) is 10.9 Å². The van der Waals surface area contributed by atoms with Gasteiger partial charge >= 0.3 is 0 Å². The van der Waals surface area contributed by atoms with Crippen molar-refractivity contribution in [3.05, 3.63) is 33.3 Å². The number of ether oxygens (including phenoxy) is 1. The lowest BCUT2D eigenvalue weighted by Gasteiger charge is -2.16. The van der Waals surface area contributed by atoms with E-state index in [9.17, 15) is 4.79 Å². The Balaban J connectivity index is 2.16. The van der Waals surface area contributed by atoms with Crippen molar-refractivity contribution in [2.45, 2.75) is 32.4 Å². The molecule has 110 valence electrons. The van der Waals surface area contributed by atoms with Gasteiger partial charge in [0.25, 0.3) is 5.56 Å². The summed E-state index contributed by atoms with van der Waals surface area (Å²) in [5.74, 6) is 0. The second-order valence-electron chi connectivity index (χ2n) is 6.29. The van der Waals surface area contributed by atoms with E-state index in [0.29, 0.717) is 6.73 Å². The third-order valence-electron chi connectivity index (χ3n) is 3.27. The first-order valence-electron chi connectivity index (χ1n) is 6.71. The maximum Gasteiger partial charge on any atom is 0.259 e. The number of rotatable bonds is 5. The lowest BCUT2D eigenvalue weighted by molar-refractivity contribution is 0.0902. The van der Waals surface area contributed by atoms with Crippen LogP contribution in [0.5, 0.6) is 0 Å². The standard InChI is InChI=1S/C14H21BrN2O2Si/c1-16-9-12(15)13-11(14(16)18)5-6-17(13)10-19-7-8-20(2,3)4/h5-6,9H,7-8,10H2,1-4H3. The monoisotopic (exact) mass is 356 g/mol. The molecule has 0 saturated heterocycles. The number of hydrogen-bond donors (Lipinski definition) is 0. The molecule has 0 radical (unpaired) electrons. The van der Waals surface area contributed by atoms with Crippen LogP contribution in [0.3, 0.4) is 0 Å². The topological polar surface area (TPSA) is 36.2 Å². The highest BCUT2D eigenvalue weighted by molar-refractivity contribution is 9.10. The molecule has 2 aromatic rings. The third kappa shape index (κ3) is 3.42. The van der Waals surface area contributed by atoms with Crippen LogP contribution in [0, 0.1) is 0 Å². The SMILES string of the molecule is Cn1cc(Br)c2c(ccn2COCC[Si](C)(C)C)c1=O. The molecular weight excluding hydrogens is 336 g/mol. The first-order valence-corrected chi connectivity index (χ1v) is 11.2. The minimum Gasteiger partial charge on any atom is -0.361 e. The molecule has 6 heteroatoms. The van der Waals surface area contributed by atoms with Gasteiger partial charge in [-0.05, 0) is 28.0 Å². The molecule has 0 unspecified atom stereocenters. The Morgan fingerprint density at radius 2 is 2.05 bits per heavy atom. The van der Waals surface area contributed by atoms with Crippen molar-refractivity contribution < 1.29 is 4.74 Å². The van der Waals surface area contributed by atoms with Crippen LogP contribution >= 0.6 is 15.9 Å². The maximum absolute atomic E-state index is 12.0. The fourth-order valence-electron chi connectivity index (χ4n) is 2.04. The zero-order valence-electron chi connectivity index (χ0n) is 12.4. The normalized spacial score (nSPS) is 12.2. The Kier molecular flexibility index (Phi) is 4.56. The van der Waals surface area contributed by atoms with E-state index in [1.54, 1.807) is 17.8 Å². The van der Waals surface area contributed by atoms with Crippen molar-refractivity contribution in [2.75, 3.05) is 6.61 Å². The van der Waals surface area contributed by atoms with Gasteiger partial charge in [-0.2, -0.15) is 0 Å². The Labute approximate surface area is 128 Å². The molecule has 0 N–H and O–H groups in total. The van der Waals surface area contributed by atoms with Crippen molar-refractivity contribution in [3.8, 4) is 0 Å². The summed E-state index contributed by atoms with van der Waals surface area (Å²) in [5.41, 5.74) is 0.921. The minimum absolute atomic E-state index is 0.0176. The Morgan fingerprint density at radius 1 is 1.35 bits per heavy atom. The van der Waals surface area contributed by atoms with E-state index in [0.717, 1.165) is 28.0 Å². The summed E-state index contributed by atoms with van der Waals surface area (Å²) in [5, 5.41) is 0.718. The molecule has 0 atom stereocenters. The summed E-state index contributed by atoms with van der Waals surface area (Å²) in [6, 6.07) is 3.00. The summed E-state index contributed by atoms with van der Waals surface area (Å²) in [6.07, 6.45) is 3.70. The largest absolute Gasteiger partial charge is 0.361 e. The molecule has 2 aromatic heterocycles. The highest BCUT2D eigenvalue weighted by atomic mass is 79.9. The number of aryl methyl sites for hydroxylation is 1. The smallest absolute Gasteiger partial charge is 0.259 e. The summed E-state index contributed by atoms with van der Waals surface area (Å²) >= 11 is 3.52. The van der Waals surface area contributed by atoms with E-state index >= 15 is 0 Å². The Bertz CT molecular complexity index is 670. The molecule has 2 heterocycles. The van der Waals surface area contributed by atoms with Crippen LogP contribution in [0.2, 0.25) is 25.7 Å². The summed E-state index contributed by atoms with van der Waals surface area (Å²) in [4.78, 5) is 12.0. The van der Waals surface area contributed by atoms with Gasteiger partial charge in [-0.3, -0.25) is 4.79 Å². The average molecular weight is 357 g/mol. The molecule has 0 aliphatic rings. The van der Waals surface area contributed by atoms with E-state index in [-0.39, 0.29) is 5.56 Å². The first-order chi connectivity index (χ1) is 9.29. The first kappa shape index (κ1) is 15.5. The molecule has 0 amide bonds. The van der Waals surface area contributed by atoms with Crippen LogP contribution in [0.4, 0.5) is 0 Å². The van der Waals surface area contributed by atoms with E-state index in [1.807, 2.05) is 16.8 Å². The molecule has 4 nitrogen and oxygen atoms in total. The van der Waals surface area contributed by atoms with Crippen molar-refractivity contribution in [3.63, 3.8) is 0 Å². The minimum atomic E-state index is -1.06. The van der Waals surface area contributed by atoms with E-state index in [4.69, 9.17) is 4.74 Å². The summed E-state index contributed by atoms with van der Waals surface area (Å²) < 4.78 is 10.2. The van der Waals surface area contributed by atoms with Crippen LogP contribution in [0.1, 0.15) is 0 Å². The zero-order valence-corrected chi connectivity index (χ0v) is 15.0. The molecule has 2 rings (SSSR count). The fourth-order valence-corrected chi connectivity index (χ4v) is 3.54. The van der Waals surface area contributed by atoms with Crippen LogP contribution in [0.15, 0.2) is 27.7 Å². The molecule has 0 saturated carbocycles. The third-order valence-corrected chi connectivity index (χ3v) is 5.56. The average Bonchev–Trinajstić information content (AvgIpc) is 2.75. The van der Waals surface area contributed by atoms with Crippen molar-refractivity contribution >= 4 is 34.9 Å². The summed E-state index contributed by atoms with van der Waals surface area (Å²) in [6.45, 7) is 8.27.